The van der Waals surface area contributed by atoms with Crippen LogP contribution in [0.5, 0.6) is 0 Å². The number of benzene rings is 1. The number of thioether (sulfide) groups is 1. The molecule has 0 radical (unpaired) electrons. The molecule has 0 amide bonds. The van der Waals surface area contributed by atoms with Gasteiger partial charge in [0.05, 0.1) is 6.54 Å². The molecule has 0 atom stereocenters. The summed E-state index contributed by atoms with van der Waals surface area (Å²) < 4.78 is 14.5. The number of nitrogens with zero attached hydrogens (tertiary/aromatic N) is 1. The highest BCUT2D eigenvalue weighted by molar-refractivity contribution is 9.10. The Balaban J connectivity index is 2.13. The topological polar surface area (TPSA) is 38.9 Å². The lowest BCUT2D eigenvalue weighted by atomic mass is 10.1. The molecule has 0 saturated heterocycles. The zero-order chi connectivity index (χ0) is 14.4. The molecule has 0 spiro atoms. The van der Waals surface area contributed by atoms with Gasteiger partial charge in [0.1, 0.15) is 10.8 Å². The first-order valence-electron chi connectivity index (χ1n) is 5.91. The van der Waals surface area contributed by atoms with Crippen LogP contribution in [0.4, 0.5) is 4.39 Å². The third kappa shape index (κ3) is 4.34. The van der Waals surface area contributed by atoms with Gasteiger partial charge >= 0.3 is 0 Å². The maximum atomic E-state index is 13.5. The predicted octanol–water partition coefficient (Wildman–Crippen LogP) is 3.59. The van der Waals surface area contributed by atoms with Gasteiger partial charge in [0.15, 0.2) is 0 Å². The van der Waals surface area contributed by atoms with Crippen LogP contribution in [-0.2, 0) is 5.75 Å². The first-order chi connectivity index (χ1) is 9.69. The lowest BCUT2D eigenvalue weighted by Crippen LogP contribution is -1.93. The number of rotatable bonds is 3. The second kappa shape index (κ2) is 7.44. The largest absolute Gasteiger partial charge is 0.320 e. The first kappa shape index (κ1) is 15.0. The number of halogens is 2. The van der Waals surface area contributed by atoms with Gasteiger partial charge in [-0.1, -0.05) is 11.8 Å². The molecule has 0 aliphatic carbocycles. The molecular weight excluding hydrogens is 339 g/mol. The van der Waals surface area contributed by atoms with Crippen LogP contribution in [0.1, 0.15) is 11.1 Å². The van der Waals surface area contributed by atoms with Gasteiger partial charge in [0.25, 0.3) is 0 Å². The molecule has 2 N–H and O–H groups in total. The Morgan fingerprint density at radius 1 is 1.35 bits per heavy atom. The lowest BCUT2D eigenvalue weighted by Gasteiger charge is -2.04. The van der Waals surface area contributed by atoms with Gasteiger partial charge in [-0.15, -0.1) is 11.8 Å². The van der Waals surface area contributed by atoms with Crippen molar-refractivity contribution in [3.05, 3.63) is 57.9 Å². The molecule has 0 saturated carbocycles. The number of hydrogen-bond donors (Lipinski definition) is 1. The molecule has 1 heterocycles. The third-order valence-corrected chi connectivity index (χ3v) is 4.37. The maximum Gasteiger partial charge on any atom is 0.124 e. The van der Waals surface area contributed by atoms with Gasteiger partial charge < -0.3 is 5.73 Å². The fourth-order valence-corrected chi connectivity index (χ4v) is 3.00. The van der Waals surface area contributed by atoms with Gasteiger partial charge in [0.2, 0.25) is 0 Å². The van der Waals surface area contributed by atoms with Gasteiger partial charge in [-0.25, -0.2) is 9.37 Å². The van der Waals surface area contributed by atoms with E-state index in [0.29, 0.717) is 11.3 Å². The summed E-state index contributed by atoms with van der Waals surface area (Å²) in [4.78, 5) is 4.27. The van der Waals surface area contributed by atoms with Crippen molar-refractivity contribution in [3.63, 3.8) is 0 Å². The molecular formula is C15H12BrFN2S. The highest BCUT2D eigenvalue weighted by Gasteiger charge is 2.04. The van der Waals surface area contributed by atoms with Crippen LogP contribution in [-0.4, -0.2) is 11.5 Å². The molecule has 5 heteroatoms. The van der Waals surface area contributed by atoms with Crippen molar-refractivity contribution in [2.24, 2.45) is 5.73 Å². The van der Waals surface area contributed by atoms with Crippen LogP contribution < -0.4 is 5.73 Å². The summed E-state index contributed by atoms with van der Waals surface area (Å²) in [7, 11) is 0. The monoisotopic (exact) mass is 350 g/mol. The normalized spacial score (nSPS) is 9.95. The van der Waals surface area contributed by atoms with E-state index < -0.39 is 0 Å². The fraction of sp³-hybridized carbons (Fsp3) is 0.133. The zero-order valence-electron chi connectivity index (χ0n) is 10.6. The number of nitrogens with two attached hydrogens (primary N) is 1. The van der Waals surface area contributed by atoms with Crippen LogP contribution in [0.15, 0.2) is 46.0 Å². The highest BCUT2D eigenvalue weighted by atomic mass is 79.9. The molecule has 0 aliphatic heterocycles. The summed E-state index contributed by atoms with van der Waals surface area (Å²) in [5.74, 6) is 5.91. The van der Waals surface area contributed by atoms with Crippen LogP contribution in [0.2, 0.25) is 0 Å². The Labute approximate surface area is 130 Å². The van der Waals surface area contributed by atoms with Crippen LogP contribution in [0.3, 0.4) is 0 Å². The van der Waals surface area contributed by atoms with Crippen molar-refractivity contribution in [1.29, 1.82) is 0 Å². The van der Waals surface area contributed by atoms with E-state index in [1.54, 1.807) is 18.0 Å². The Bertz CT molecular complexity index is 664. The van der Waals surface area contributed by atoms with Crippen molar-refractivity contribution in [3.8, 4) is 11.8 Å². The number of pyridine rings is 1. The van der Waals surface area contributed by atoms with Crippen LogP contribution >= 0.6 is 27.7 Å². The van der Waals surface area contributed by atoms with E-state index in [-0.39, 0.29) is 12.4 Å². The Kier molecular flexibility index (Phi) is 5.60. The summed E-state index contributed by atoms with van der Waals surface area (Å²) in [5, 5.41) is 0.881. The molecule has 2 aromatic rings. The Morgan fingerprint density at radius 2 is 2.20 bits per heavy atom. The minimum absolute atomic E-state index is 0.265. The molecule has 0 bridgehead atoms. The maximum absolute atomic E-state index is 13.5. The van der Waals surface area contributed by atoms with Crippen molar-refractivity contribution in [1.82, 2.24) is 4.98 Å². The predicted molar refractivity (Wildman–Crippen MR) is 83.8 cm³/mol. The molecule has 1 aromatic heterocycles. The summed E-state index contributed by atoms with van der Waals surface area (Å²) >= 11 is 4.98. The van der Waals surface area contributed by atoms with Gasteiger partial charge in [-0.05, 0) is 51.8 Å². The van der Waals surface area contributed by atoms with Gasteiger partial charge in [0, 0.05) is 22.0 Å². The average Bonchev–Trinajstić information content (AvgIpc) is 2.44. The summed E-state index contributed by atoms with van der Waals surface area (Å²) in [6.07, 6.45) is 1.73. The fourth-order valence-electron chi connectivity index (χ4n) is 1.59. The summed E-state index contributed by atoms with van der Waals surface area (Å²) in [6.45, 7) is 0.265. The van der Waals surface area contributed by atoms with Gasteiger partial charge in [-0.2, -0.15) is 0 Å². The molecule has 0 unspecified atom stereocenters. The third-order valence-electron chi connectivity index (χ3n) is 2.39. The second-order valence-electron chi connectivity index (χ2n) is 3.93. The van der Waals surface area contributed by atoms with E-state index in [9.17, 15) is 4.39 Å². The highest BCUT2D eigenvalue weighted by Crippen LogP contribution is 2.28. The molecule has 102 valence electrons. The Hall–Kier alpha value is -1.35. The quantitative estimate of drug-likeness (QED) is 0.679. The Morgan fingerprint density at radius 3 is 2.95 bits per heavy atom. The first-order valence-corrected chi connectivity index (χ1v) is 7.68. The molecule has 2 rings (SSSR count). The minimum Gasteiger partial charge on any atom is -0.320 e. The molecule has 20 heavy (non-hydrogen) atoms. The zero-order valence-corrected chi connectivity index (χ0v) is 13.0. The van der Waals surface area contributed by atoms with Crippen molar-refractivity contribution in [2.75, 3.05) is 6.54 Å². The van der Waals surface area contributed by atoms with E-state index in [0.717, 1.165) is 15.1 Å². The SMILES string of the molecule is NCC#Cc1cc(F)cc(CSc2ncccc2Br)c1. The van der Waals surface area contributed by atoms with E-state index in [1.807, 2.05) is 18.2 Å². The van der Waals surface area contributed by atoms with E-state index >= 15 is 0 Å². The van der Waals surface area contributed by atoms with E-state index in [4.69, 9.17) is 5.73 Å². The van der Waals surface area contributed by atoms with Crippen molar-refractivity contribution >= 4 is 27.7 Å². The number of hydrogen-bond acceptors (Lipinski definition) is 3. The lowest BCUT2D eigenvalue weighted by molar-refractivity contribution is 0.626. The number of aromatic nitrogens is 1. The van der Waals surface area contributed by atoms with E-state index in [1.165, 1.54) is 12.1 Å². The standard InChI is InChI=1S/C15H12BrFN2S/c16-14-4-2-6-19-15(14)20-10-12-7-11(3-1-5-18)8-13(17)9-12/h2,4,6-9H,5,10,18H2. The molecule has 0 aliphatic rings. The van der Waals surface area contributed by atoms with Crippen LogP contribution in [0.25, 0.3) is 0 Å². The summed E-state index contributed by atoms with van der Waals surface area (Å²) in [5.41, 5.74) is 6.83. The molecule has 1 aromatic carbocycles. The summed E-state index contributed by atoms with van der Waals surface area (Å²) in [6, 6.07) is 8.58. The van der Waals surface area contributed by atoms with Crippen molar-refractivity contribution < 1.29 is 4.39 Å². The van der Waals surface area contributed by atoms with Gasteiger partial charge in [-0.3, -0.25) is 0 Å². The molecule has 0 fully saturated rings. The molecule has 2 nitrogen and oxygen atoms in total. The van der Waals surface area contributed by atoms with E-state index in [2.05, 4.69) is 32.8 Å². The average molecular weight is 351 g/mol. The second-order valence-corrected chi connectivity index (χ2v) is 5.75. The minimum atomic E-state index is -0.287. The smallest absolute Gasteiger partial charge is 0.124 e. The van der Waals surface area contributed by atoms with Crippen molar-refractivity contribution in [2.45, 2.75) is 10.8 Å². The van der Waals surface area contributed by atoms with Crippen LogP contribution in [0, 0.1) is 17.7 Å².